The molecule has 1 amide bonds. The van der Waals surface area contributed by atoms with E-state index in [0.29, 0.717) is 42.8 Å². The number of esters is 1. The van der Waals surface area contributed by atoms with Crippen LogP contribution in [0.25, 0.3) is 0 Å². The molecule has 5 aliphatic rings. The fraction of sp³-hybridized carbons (Fsp3) is 0.576. The number of carbonyl (C=O) groups is 2. The maximum Gasteiger partial charge on any atom is 0.334 e. The number of amides is 1. The van der Waals surface area contributed by atoms with Crippen molar-refractivity contribution < 1.29 is 14.3 Å². The maximum atomic E-state index is 13.3. The highest BCUT2D eigenvalue weighted by Crippen LogP contribution is 2.43. The van der Waals surface area contributed by atoms with Crippen molar-refractivity contribution in [2.75, 3.05) is 33.0 Å². The molecule has 2 aliphatic carbocycles. The van der Waals surface area contributed by atoms with Gasteiger partial charge in [-0.2, -0.15) is 0 Å². The molecule has 2 unspecified atom stereocenters. The summed E-state index contributed by atoms with van der Waals surface area (Å²) in [6.45, 7) is 5.59. The molecule has 2 atom stereocenters. The Morgan fingerprint density at radius 1 is 1.17 bits per heavy atom. The highest BCUT2D eigenvalue weighted by atomic mass is 32.2. The average molecular weight is 579 g/mol. The molecule has 1 saturated heterocycles. The number of fused-ring (bicyclic) bond motifs is 1. The van der Waals surface area contributed by atoms with Gasteiger partial charge in [0.25, 0.3) is 5.91 Å². The molecule has 0 radical (unpaired) electrons. The molecule has 3 fully saturated rings. The first-order valence-corrected chi connectivity index (χ1v) is 16.7. The van der Waals surface area contributed by atoms with Crippen LogP contribution in [0.2, 0.25) is 0 Å². The Morgan fingerprint density at radius 2 is 1.98 bits per heavy atom. The minimum atomic E-state index is -0.322. The molecule has 7 nitrogen and oxygen atoms in total. The van der Waals surface area contributed by atoms with Crippen LogP contribution in [0.4, 0.5) is 0 Å². The van der Waals surface area contributed by atoms with Gasteiger partial charge >= 0.3 is 5.97 Å². The second-order valence-corrected chi connectivity index (χ2v) is 12.5. The monoisotopic (exact) mass is 578 g/mol. The van der Waals surface area contributed by atoms with Crippen LogP contribution in [0, 0.1) is 11.8 Å². The highest BCUT2D eigenvalue weighted by Gasteiger charge is 2.39. The molecular formula is C33H46N4O3S. The normalized spacial score (nSPS) is 24.9. The van der Waals surface area contributed by atoms with Crippen molar-refractivity contribution in [3.05, 3.63) is 69.7 Å². The summed E-state index contributed by atoms with van der Waals surface area (Å²) in [7, 11) is 2.03. The maximum absolute atomic E-state index is 13.3. The van der Waals surface area contributed by atoms with Gasteiger partial charge in [-0.15, -0.1) is 11.8 Å². The number of allylic oxidation sites excluding steroid dienone is 6. The number of rotatable bonds is 12. The van der Waals surface area contributed by atoms with Gasteiger partial charge in [0, 0.05) is 53.7 Å². The molecular weight excluding hydrogens is 532 g/mol. The van der Waals surface area contributed by atoms with Crippen molar-refractivity contribution >= 4 is 23.6 Å². The third kappa shape index (κ3) is 7.14. The van der Waals surface area contributed by atoms with Gasteiger partial charge in [-0.3, -0.25) is 4.79 Å². The summed E-state index contributed by atoms with van der Waals surface area (Å²) >= 11 is 1.60. The summed E-state index contributed by atoms with van der Waals surface area (Å²) in [5.41, 5.74) is 5.28. The molecule has 3 heterocycles. The molecule has 0 aromatic carbocycles. The van der Waals surface area contributed by atoms with Crippen molar-refractivity contribution in [1.82, 2.24) is 20.4 Å². The predicted molar refractivity (Wildman–Crippen MR) is 166 cm³/mol. The predicted octanol–water partition coefficient (Wildman–Crippen LogP) is 5.38. The molecule has 222 valence electrons. The van der Waals surface area contributed by atoms with E-state index < -0.39 is 0 Å². The van der Waals surface area contributed by atoms with Crippen molar-refractivity contribution in [2.24, 2.45) is 11.8 Å². The molecule has 2 N–H and O–H groups in total. The Balaban J connectivity index is 1.28. The number of hydrogen-bond acceptors (Lipinski definition) is 7. The zero-order valence-electron chi connectivity index (χ0n) is 25.1. The van der Waals surface area contributed by atoms with E-state index >= 15 is 0 Å². The first-order chi connectivity index (χ1) is 19.9. The number of piperidine rings is 1. The van der Waals surface area contributed by atoms with Crippen molar-refractivity contribution in [2.45, 2.75) is 77.3 Å². The third-order valence-electron chi connectivity index (χ3n) is 8.63. The molecule has 5 rings (SSSR count). The topological polar surface area (TPSA) is 73.9 Å². The van der Waals surface area contributed by atoms with Gasteiger partial charge in [-0.1, -0.05) is 13.0 Å². The number of hydrogen-bond donors (Lipinski definition) is 2. The van der Waals surface area contributed by atoms with E-state index in [1.165, 1.54) is 42.8 Å². The van der Waals surface area contributed by atoms with Crippen LogP contribution in [0.3, 0.4) is 0 Å². The molecule has 0 bridgehead atoms. The van der Waals surface area contributed by atoms with Crippen LogP contribution in [0.5, 0.6) is 0 Å². The Kier molecular flexibility index (Phi) is 9.68. The Morgan fingerprint density at radius 3 is 2.66 bits per heavy atom. The smallest absolute Gasteiger partial charge is 0.334 e. The minimum Gasteiger partial charge on any atom is -0.463 e. The van der Waals surface area contributed by atoms with E-state index in [-0.39, 0.29) is 17.9 Å². The van der Waals surface area contributed by atoms with Gasteiger partial charge in [0.15, 0.2) is 0 Å². The van der Waals surface area contributed by atoms with Gasteiger partial charge in [-0.25, -0.2) is 4.79 Å². The van der Waals surface area contributed by atoms with Gasteiger partial charge in [0.05, 0.1) is 12.6 Å². The van der Waals surface area contributed by atoms with Gasteiger partial charge < -0.3 is 25.2 Å². The second-order valence-electron chi connectivity index (χ2n) is 11.7. The first-order valence-electron chi connectivity index (χ1n) is 15.5. The fourth-order valence-corrected chi connectivity index (χ4v) is 6.66. The number of thioether (sulfide) groups is 1. The summed E-state index contributed by atoms with van der Waals surface area (Å²) < 4.78 is 5.28. The van der Waals surface area contributed by atoms with E-state index in [9.17, 15) is 9.59 Å². The number of nitrogens with one attached hydrogen (secondary N) is 2. The van der Waals surface area contributed by atoms with E-state index in [0.717, 1.165) is 36.6 Å². The van der Waals surface area contributed by atoms with Crippen LogP contribution in [0.1, 0.15) is 65.2 Å². The standard InChI is InChI=1S/C33H46N4O3S/c1-5-8-26(41-4)19-24(33(39)40-6-2)16-17-34-32(38)31-15-14-30-29(36(31)3)9-7-18-37(30)25-20-27(22-10-11-22)35-28(21-25)23-12-13-23/h8,14-15,19-23,27,29,35H,5-7,9-13,16-18H2,1-4H3,(H,34,38)/b24-19+,26-8+. The number of ether oxygens (including phenoxy) is 1. The Hall–Kier alpha value is -2.87. The van der Waals surface area contributed by atoms with Crippen LogP contribution >= 0.6 is 11.8 Å². The van der Waals surface area contributed by atoms with Gasteiger partial charge in [0.2, 0.25) is 0 Å². The molecule has 0 aromatic rings. The van der Waals surface area contributed by atoms with Crippen molar-refractivity contribution in [3.63, 3.8) is 0 Å². The lowest BCUT2D eigenvalue weighted by molar-refractivity contribution is -0.138. The first kappa shape index (κ1) is 29.6. The largest absolute Gasteiger partial charge is 0.463 e. The van der Waals surface area contributed by atoms with Crippen LogP contribution < -0.4 is 10.6 Å². The van der Waals surface area contributed by atoms with E-state index in [1.54, 1.807) is 11.8 Å². The molecule has 0 spiro atoms. The summed E-state index contributed by atoms with van der Waals surface area (Å²) in [6.07, 6.45) is 23.6. The summed E-state index contributed by atoms with van der Waals surface area (Å²) in [4.78, 5) is 31.6. The summed E-state index contributed by atoms with van der Waals surface area (Å²) in [6, 6.07) is 0.614. The molecule has 41 heavy (non-hydrogen) atoms. The Bertz CT molecular complexity index is 1200. The summed E-state index contributed by atoms with van der Waals surface area (Å²) in [5.74, 6) is 1.04. The third-order valence-corrected chi connectivity index (χ3v) is 9.38. The minimum absolute atomic E-state index is 0.108. The number of carbonyl (C=O) groups excluding carboxylic acids is 2. The highest BCUT2D eigenvalue weighted by molar-refractivity contribution is 8.02. The number of likely N-dealkylation sites (tertiary alicyclic amines) is 1. The van der Waals surface area contributed by atoms with E-state index in [1.807, 2.05) is 32.4 Å². The number of likely N-dealkylation sites (N-methyl/N-ethyl adjacent to an activating group) is 1. The van der Waals surface area contributed by atoms with E-state index in [4.69, 9.17) is 4.74 Å². The van der Waals surface area contributed by atoms with Crippen LogP contribution in [-0.2, 0) is 14.3 Å². The number of dihydropyridines is 1. The fourth-order valence-electron chi connectivity index (χ4n) is 6.06. The zero-order valence-corrected chi connectivity index (χ0v) is 25.9. The molecule has 3 aliphatic heterocycles. The lowest BCUT2D eigenvalue weighted by Crippen LogP contribution is -2.48. The SMILES string of the molecule is CC/C=C(\C=C(/CCNC(=O)C1=CC=C2C(CCCN2C2=CC(C3CC3)NC(C3CC3)=C2)N1C)C(=O)OCC)SC. The van der Waals surface area contributed by atoms with Crippen LogP contribution in [-0.4, -0.2) is 66.8 Å². The van der Waals surface area contributed by atoms with Crippen LogP contribution in [0.15, 0.2) is 69.7 Å². The quantitative estimate of drug-likeness (QED) is 0.183. The second kappa shape index (κ2) is 13.4. The average Bonchev–Trinajstić information content (AvgIpc) is 3.89. The van der Waals surface area contributed by atoms with Crippen molar-refractivity contribution in [1.29, 1.82) is 0 Å². The molecule has 2 saturated carbocycles. The summed E-state index contributed by atoms with van der Waals surface area (Å²) in [5, 5.41) is 6.89. The van der Waals surface area contributed by atoms with Crippen molar-refractivity contribution in [3.8, 4) is 0 Å². The van der Waals surface area contributed by atoms with Gasteiger partial charge in [0.1, 0.15) is 5.70 Å². The van der Waals surface area contributed by atoms with E-state index in [2.05, 4.69) is 51.7 Å². The zero-order chi connectivity index (χ0) is 28.9. The molecule has 8 heteroatoms. The molecule has 0 aromatic heterocycles. The Labute approximate surface area is 249 Å². The number of nitrogens with zero attached hydrogens (tertiary/aromatic N) is 2. The lowest BCUT2D eigenvalue weighted by atomic mass is 9.94. The lowest BCUT2D eigenvalue weighted by Gasteiger charge is -2.45. The van der Waals surface area contributed by atoms with Gasteiger partial charge in [-0.05, 0) is 107 Å².